The van der Waals surface area contributed by atoms with E-state index in [2.05, 4.69) is 50.3 Å². The zero-order valence-corrected chi connectivity index (χ0v) is 21.7. The molecular formula is C30H31N7O. The molecule has 0 bridgehead atoms. The smallest absolute Gasteiger partial charge is 0.271 e. The fraction of sp³-hybridized carbons (Fsp3) is 0.267. The number of aryl methyl sites for hydroxylation is 2. The van der Waals surface area contributed by atoms with Crippen LogP contribution in [0, 0.1) is 13.8 Å². The number of anilines is 1. The van der Waals surface area contributed by atoms with E-state index in [9.17, 15) is 4.79 Å². The van der Waals surface area contributed by atoms with Gasteiger partial charge in [0.05, 0.1) is 12.7 Å². The predicted octanol–water partition coefficient (Wildman–Crippen LogP) is 4.73. The maximum Gasteiger partial charge on any atom is 0.271 e. The number of benzene rings is 2. The van der Waals surface area contributed by atoms with Crippen LogP contribution in [0.1, 0.15) is 62.9 Å². The van der Waals surface area contributed by atoms with Crippen molar-refractivity contribution in [3.05, 3.63) is 107 Å². The molecular weight excluding hydrogens is 474 g/mol. The third kappa shape index (κ3) is 5.02. The number of amides is 1. The highest BCUT2D eigenvalue weighted by Gasteiger charge is 2.30. The maximum atomic E-state index is 13.1. The van der Waals surface area contributed by atoms with Crippen LogP contribution in [0.4, 0.5) is 5.82 Å². The highest BCUT2D eigenvalue weighted by atomic mass is 16.1. The van der Waals surface area contributed by atoms with Crippen LogP contribution >= 0.6 is 0 Å². The molecule has 1 aliphatic rings. The topological polar surface area (TPSA) is 104 Å². The first-order valence-electron chi connectivity index (χ1n) is 13.0. The second kappa shape index (κ2) is 9.78. The molecule has 3 N–H and O–H groups in total. The Morgan fingerprint density at radius 3 is 2.53 bits per heavy atom. The van der Waals surface area contributed by atoms with Gasteiger partial charge in [0.15, 0.2) is 0 Å². The van der Waals surface area contributed by atoms with E-state index in [-0.39, 0.29) is 5.91 Å². The molecule has 0 radical (unpaired) electrons. The number of hydrogen-bond donors (Lipinski definition) is 2. The summed E-state index contributed by atoms with van der Waals surface area (Å²) in [5.41, 5.74) is 12.1. The van der Waals surface area contributed by atoms with Gasteiger partial charge in [-0.1, -0.05) is 24.3 Å². The molecule has 0 spiro atoms. The molecule has 38 heavy (non-hydrogen) atoms. The normalized spacial score (nSPS) is 13.2. The Balaban J connectivity index is 1.15. The average molecular weight is 506 g/mol. The highest BCUT2D eigenvalue weighted by molar-refractivity contribution is 5.93. The fourth-order valence-corrected chi connectivity index (χ4v) is 4.88. The second-order valence-electron chi connectivity index (χ2n) is 10.3. The first kappa shape index (κ1) is 23.9. The number of carbonyl (C=O) groups excluding carboxylic acids is 1. The van der Waals surface area contributed by atoms with Crippen LogP contribution in [-0.2, 0) is 19.6 Å². The number of fused-ring (bicyclic) bond motifs is 1. The van der Waals surface area contributed by atoms with Gasteiger partial charge < -0.3 is 15.6 Å². The first-order valence-corrected chi connectivity index (χ1v) is 13.0. The summed E-state index contributed by atoms with van der Waals surface area (Å²) in [6, 6.07) is 14.6. The molecule has 3 heterocycles. The van der Waals surface area contributed by atoms with Gasteiger partial charge in [0.1, 0.15) is 17.3 Å². The summed E-state index contributed by atoms with van der Waals surface area (Å²) in [5, 5.41) is 9.38. The lowest BCUT2D eigenvalue weighted by atomic mass is 10.0. The number of hydrogen-bond acceptors (Lipinski definition) is 5. The minimum atomic E-state index is -0.163. The van der Waals surface area contributed by atoms with Crippen molar-refractivity contribution in [3.63, 3.8) is 0 Å². The molecule has 1 saturated carbocycles. The Morgan fingerprint density at radius 2 is 1.82 bits per heavy atom. The van der Waals surface area contributed by atoms with Crippen molar-refractivity contribution in [1.82, 2.24) is 29.6 Å². The largest absolute Gasteiger partial charge is 0.383 e. The van der Waals surface area contributed by atoms with Gasteiger partial charge in [0.2, 0.25) is 0 Å². The molecule has 1 fully saturated rings. The predicted molar refractivity (Wildman–Crippen MR) is 148 cm³/mol. The number of carbonyl (C=O) groups is 1. The average Bonchev–Trinajstić information content (AvgIpc) is 3.54. The van der Waals surface area contributed by atoms with Crippen molar-refractivity contribution >= 4 is 22.5 Å². The molecule has 5 aromatic rings. The fourth-order valence-electron chi connectivity index (χ4n) is 4.88. The molecule has 0 aliphatic heterocycles. The van der Waals surface area contributed by atoms with Gasteiger partial charge in [-0.25, -0.2) is 9.97 Å². The van der Waals surface area contributed by atoms with Crippen molar-refractivity contribution < 1.29 is 4.79 Å². The Kier molecular flexibility index (Phi) is 6.15. The number of nitrogens with two attached hydrogens (primary N) is 1. The number of aromatic nitrogens is 5. The lowest BCUT2D eigenvalue weighted by Crippen LogP contribution is -2.23. The van der Waals surface area contributed by atoms with Crippen molar-refractivity contribution in [2.24, 2.45) is 0 Å². The van der Waals surface area contributed by atoms with Crippen molar-refractivity contribution in [2.45, 2.75) is 52.2 Å². The van der Waals surface area contributed by atoms with Crippen LogP contribution in [0.25, 0.3) is 10.8 Å². The van der Waals surface area contributed by atoms with Crippen LogP contribution in [-0.4, -0.2) is 30.2 Å². The summed E-state index contributed by atoms with van der Waals surface area (Å²) in [7, 11) is 0. The lowest BCUT2D eigenvalue weighted by Gasteiger charge is -2.10. The Morgan fingerprint density at radius 1 is 1.05 bits per heavy atom. The van der Waals surface area contributed by atoms with E-state index in [1.54, 1.807) is 6.20 Å². The Labute approximate surface area is 221 Å². The van der Waals surface area contributed by atoms with E-state index in [1.165, 1.54) is 11.1 Å². The Hall–Kier alpha value is -4.46. The van der Waals surface area contributed by atoms with Crippen molar-refractivity contribution in [1.29, 1.82) is 0 Å². The van der Waals surface area contributed by atoms with E-state index in [0.29, 0.717) is 30.5 Å². The molecule has 3 aromatic heterocycles. The van der Waals surface area contributed by atoms with Crippen LogP contribution in [0.15, 0.2) is 67.3 Å². The standard InChI is InChI=1S/C30H31N7O/c1-19-13-34-37(15-19)17-22-5-3-21(4-6-22)16-36-18-27(35-29(36)23-7-8-23)30(38)33-14-25-12-24-9-10-32-28(31)26(24)11-20(25)2/h3-6,9-13,15,18,23H,7-8,14,16-17H2,1-2H3,(H2,31,32)(H,33,38). The molecule has 6 rings (SSSR count). The molecule has 8 heteroatoms. The summed E-state index contributed by atoms with van der Waals surface area (Å²) in [4.78, 5) is 22.0. The van der Waals surface area contributed by atoms with E-state index < -0.39 is 0 Å². The monoisotopic (exact) mass is 505 g/mol. The van der Waals surface area contributed by atoms with Crippen LogP contribution in [0.2, 0.25) is 0 Å². The lowest BCUT2D eigenvalue weighted by molar-refractivity contribution is 0.0946. The molecule has 0 atom stereocenters. The van der Waals surface area contributed by atoms with Gasteiger partial charge in [0.25, 0.3) is 5.91 Å². The quantitative estimate of drug-likeness (QED) is 0.317. The van der Waals surface area contributed by atoms with E-state index in [0.717, 1.165) is 52.7 Å². The molecule has 192 valence electrons. The first-order chi connectivity index (χ1) is 18.4. The van der Waals surface area contributed by atoms with Gasteiger partial charge in [-0.05, 0) is 78.1 Å². The van der Waals surface area contributed by atoms with E-state index >= 15 is 0 Å². The van der Waals surface area contributed by atoms with Gasteiger partial charge in [-0.2, -0.15) is 5.10 Å². The van der Waals surface area contributed by atoms with Crippen molar-refractivity contribution in [2.75, 3.05) is 5.73 Å². The highest BCUT2D eigenvalue weighted by Crippen LogP contribution is 2.39. The summed E-state index contributed by atoms with van der Waals surface area (Å²) in [5.74, 6) is 1.78. The summed E-state index contributed by atoms with van der Waals surface area (Å²) < 4.78 is 4.08. The third-order valence-electron chi connectivity index (χ3n) is 7.16. The number of nitrogens with one attached hydrogen (secondary N) is 1. The molecule has 8 nitrogen and oxygen atoms in total. The van der Waals surface area contributed by atoms with Crippen LogP contribution in [0.5, 0.6) is 0 Å². The second-order valence-corrected chi connectivity index (χ2v) is 10.3. The number of rotatable bonds is 8. The van der Waals surface area contributed by atoms with Crippen LogP contribution < -0.4 is 11.1 Å². The van der Waals surface area contributed by atoms with Crippen LogP contribution in [0.3, 0.4) is 0 Å². The van der Waals surface area contributed by atoms with Gasteiger partial charge in [-0.15, -0.1) is 0 Å². The molecule has 2 aromatic carbocycles. The number of imidazole rings is 1. The SMILES string of the molecule is Cc1cnn(Cc2ccc(Cn3cc(C(=O)NCc4cc5ccnc(N)c5cc4C)nc3C3CC3)cc2)c1. The zero-order chi connectivity index (χ0) is 26.2. The molecule has 0 unspecified atom stereocenters. The summed E-state index contributed by atoms with van der Waals surface area (Å²) >= 11 is 0. The maximum absolute atomic E-state index is 13.1. The molecule has 1 amide bonds. The summed E-state index contributed by atoms with van der Waals surface area (Å²) in [6.45, 7) is 5.92. The number of nitrogens with zero attached hydrogens (tertiary/aromatic N) is 5. The minimum absolute atomic E-state index is 0.163. The summed E-state index contributed by atoms with van der Waals surface area (Å²) in [6.07, 6.45) is 9.75. The van der Waals surface area contributed by atoms with Gasteiger partial charge in [-0.3, -0.25) is 9.48 Å². The third-order valence-corrected chi connectivity index (χ3v) is 7.16. The Bertz CT molecular complexity index is 1630. The van der Waals surface area contributed by atoms with E-state index in [4.69, 9.17) is 10.7 Å². The zero-order valence-electron chi connectivity index (χ0n) is 21.7. The van der Waals surface area contributed by atoms with Gasteiger partial charge in [0, 0.05) is 43.0 Å². The molecule has 0 saturated heterocycles. The molecule has 1 aliphatic carbocycles. The minimum Gasteiger partial charge on any atom is -0.383 e. The number of nitrogen functional groups attached to an aromatic ring is 1. The van der Waals surface area contributed by atoms with Crippen molar-refractivity contribution in [3.8, 4) is 0 Å². The van der Waals surface area contributed by atoms with Gasteiger partial charge >= 0.3 is 0 Å². The van der Waals surface area contributed by atoms with E-state index in [1.807, 2.05) is 49.3 Å². The number of pyridine rings is 1.